The van der Waals surface area contributed by atoms with Crippen LogP contribution in [0.1, 0.15) is 11.1 Å². The zero-order valence-corrected chi connectivity index (χ0v) is 7.84. The lowest BCUT2D eigenvalue weighted by Gasteiger charge is -2.06. The monoisotopic (exact) mass is 197 g/mol. The number of benzene rings is 1. The van der Waals surface area contributed by atoms with Gasteiger partial charge < -0.3 is 0 Å². The first kappa shape index (κ1) is 9.28. The number of hydrogen-bond donors (Lipinski definition) is 0. The highest BCUT2D eigenvalue weighted by Gasteiger charge is 2.08. The van der Waals surface area contributed by atoms with E-state index in [1.54, 1.807) is 18.2 Å². The van der Waals surface area contributed by atoms with Crippen molar-refractivity contribution in [2.24, 2.45) is 10.2 Å². The van der Waals surface area contributed by atoms with E-state index < -0.39 is 0 Å². The number of amides is 1. The Morgan fingerprint density at radius 2 is 2.27 bits per heavy atom. The van der Waals surface area contributed by atoms with Crippen molar-refractivity contribution in [3.05, 3.63) is 41.5 Å². The van der Waals surface area contributed by atoms with Gasteiger partial charge in [-0.3, -0.25) is 4.79 Å². The van der Waals surface area contributed by atoms with Crippen LogP contribution in [0.5, 0.6) is 0 Å². The van der Waals surface area contributed by atoms with E-state index >= 15 is 0 Å². The minimum Gasteiger partial charge on any atom is -0.266 e. The molecule has 1 amide bonds. The Bertz CT molecular complexity index is 509. The molecule has 0 saturated heterocycles. The smallest absolute Gasteiger partial charge is 0.266 e. The van der Waals surface area contributed by atoms with Crippen LogP contribution >= 0.6 is 0 Å². The van der Waals surface area contributed by atoms with Crippen LogP contribution in [-0.4, -0.2) is 12.5 Å². The molecule has 0 atom stereocenters. The van der Waals surface area contributed by atoms with Crippen molar-refractivity contribution in [3.8, 4) is 6.07 Å². The number of hydrogen-bond acceptors (Lipinski definition) is 3. The van der Waals surface area contributed by atoms with E-state index in [-0.39, 0.29) is 5.91 Å². The highest BCUT2D eigenvalue weighted by atomic mass is 16.1. The third-order valence-corrected chi connectivity index (χ3v) is 2.07. The van der Waals surface area contributed by atoms with Crippen molar-refractivity contribution < 1.29 is 4.79 Å². The Morgan fingerprint density at radius 3 is 3.00 bits per heavy atom. The fourth-order valence-electron chi connectivity index (χ4n) is 1.37. The molecule has 4 nitrogen and oxygen atoms in total. The number of nitrogens with zero attached hydrogens (tertiary/aromatic N) is 3. The topological polar surface area (TPSA) is 65.6 Å². The Kier molecular flexibility index (Phi) is 2.38. The SMILES string of the molecule is N#Cc1cccc(C2=CC(=O)N=NC2)c1. The molecule has 0 bridgehead atoms. The highest BCUT2D eigenvalue weighted by Crippen LogP contribution is 2.18. The van der Waals surface area contributed by atoms with Gasteiger partial charge in [0.2, 0.25) is 0 Å². The zero-order valence-electron chi connectivity index (χ0n) is 7.84. The van der Waals surface area contributed by atoms with Crippen LogP contribution in [0.2, 0.25) is 0 Å². The van der Waals surface area contributed by atoms with Gasteiger partial charge in [0, 0.05) is 6.08 Å². The van der Waals surface area contributed by atoms with E-state index in [9.17, 15) is 4.79 Å². The average molecular weight is 197 g/mol. The quantitative estimate of drug-likeness (QED) is 0.690. The molecule has 0 spiro atoms. The molecule has 0 saturated carbocycles. The van der Waals surface area contributed by atoms with E-state index in [2.05, 4.69) is 16.3 Å². The number of carbonyl (C=O) groups is 1. The number of azo groups is 1. The summed E-state index contributed by atoms with van der Waals surface area (Å²) in [4.78, 5) is 11.0. The van der Waals surface area contributed by atoms with Crippen molar-refractivity contribution in [3.63, 3.8) is 0 Å². The van der Waals surface area contributed by atoms with Crippen LogP contribution in [0.3, 0.4) is 0 Å². The van der Waals surface area contributed by atoms with Crippen LogP contribution in [0, 0.1) is 11.3 Å². The molecule has 1 aromatic rings. The van der Waals surface area contributed by atoms with E-state index in [0.29, 0.717) is 12.1 Å². The van der Waals surface area contributed by atoms with Gasteiger partial charge in [0.1, 0.15) is 0 Å². The molecule has 1 aliphatic heterocycles. The van der Waals surface area contributed by atoms with Gasteiger partial charge >= 0.3 is 0 Å². The molecule has 15 heavy (non-hydrogen) atoms. The number of carbonyl (C=O) groups excluding carboxylic acids is 1. The summed E-state index contributed by atoms with van der Waals surface area (Å²) in [6.07, 6.45) is 1.45. The summed E-state index contributed by atoms with van der Waals surface area (Å²) >= 11 is 0. The normalized spacial score (nSPS) is 14.6. The lowest BCUT2D eigenvalue weighted by Crippen LogP contribution is -1.99. The Labute approximate surface area is 86.6 Å². The Hall–Kier alpha value is -2.28. The molecule has 4 heteroatoms. The summed E-state index contributed by atoms with van der Waals surface area (Å²) in [6, 6.07) is 9.14. The summed E-state index contributed by atoms with van der Waals surface area (Å²) in [5.41, 5.74) is 2.22. The fraction of sp³-hybridized carbons (Fsp3) is 0.0909. The number of rotatable bonds is 1. The average Bonchev–Trinajstić information content (AvgIpc) is 2.29. The molecule has 0 unspecified atom stereocenters. The van der Waals surface area contributed by atoms with E-state index in [4.69, 9.17) is 5.26 Å². The Morgan fingerprint density at radius 1 is 1.40 bits per heavy atom. The molecular formula is C11H7N3O. The summed E-state index contributed by atoms with van der Waals surface area (Å²) in [6.45, 7) is 0.390. The minimum absolute atomic E-state index is 0.349. The van der Waals surface area contributed by atoms with E-state index in [0.717, 1.165) is 11.1 Å². The zero-order chi connectivity index (χ0) is 10.7. The van der Waals surface area contributed by atoms with E-state index in [1.807, 2.05) is 6.07 Å². The molecule has 0 fully saturated rings. The summed E-state index contributed by atoms with van der Waals surface area (Å²) in [5.74, 6) is -0.349. The highest BCUT2D eigenvalue weighted by molar-refractivity contribution is 5.97. The molecule has 2 rings (SSSR count). The van der Waals surface area contributed by atoms with Gasteiger partial charge in [-0.1, -0.05) is 12.1 Å². The maximum absolute atomic E-state index is 11.0. The summed E-state index contributed by atoms with van der Waals surface area (Å²) < 4.78 is 0. The standard InChI is InChI=1S/C11H7N3O/c12-6-8-2-1-3-9(4-8)10-5-11(15)14-13-7-10/h1-5H,7H2. The molecule has 0 N–H and O–H groups in total. The maximum Gasteiger partial charge on any atom is 0.288 e. The lowest BCUT2D eigenvalue weighted by molar-refractivity contribution is -0.114. The molecule has 72 valence electrons. The van der Waals surface area contributed by atoms with Crippen LogP contribution in [0.4, 0.5) is 0 Å². The first-order valence-electron chi connectivity index (χ1n) is 4.42. The third-order valence-electron chi connectivity index (χ3n) is 2.07. The van der Waals surface area contributed by atoms with Gasteiger partial charge in [0.05, 0.1) is 18.2 Å². The lowest BCUT2D eigenvalue weighted by atomic mass is 10.0. The van der Waals surface area contributed by atoms with Gasteiger partial charge in [-0.15, -0.1) is 5.11 Å². The predicted molar refractivity (Wildman–Crippen MR) is 53.9 cm³/mol. The summed E-state index contributed by atoms with van der Waals surface area (Å²) in [7, 11) is 0. The summed E-state index contributed by atoms with van der Waals surface area (Å²) in [5, 5.41) is 15.8. The second kappa shape index (κ2) is 3.84. The van der Waals surface area contributed by atoms with Crippen molar-refractivity contribution in [2.75, 3.05) is 6.54 Å². The van der Waals surface area contributed by atoms with Crippen LogP contribution in [-0.2, 0) is 4.79 Å². The molecular weight excluding hydrogens is 190 g/mol. The number of nitriles is 1. The van der Waals surface area contributed by atoms with Crippen LogP contribution in [0.15, 0.2) is 40.6 Å². The maximum atomic E-state index is 11.0. The fourth-order valence-corrected chi connectivity index (χ4v) is 1.37. The van der Waals surface area contributed by atoms with Gasteiger partial charge in [-0.2, -0.15) is 10.4 Å². The molecule has 0 aromatic heterocycles. The van der Waals surface area contributed by atoms with Gasteiger partial charge in [0.25, 0.3) is 5.91 Å². The molecule has 1 heterocycles. The first-order valence-corrected chi connectivity index (χ1v) is 4.42. The van der Waals surface area contributed by atoms with Crippen molar-refractivity contribution >= 4 is 11.5 Å². The molecule has 0 radical (unpaired) electrons. The van der Waals surface area contributed by atoms with Gasteiger partial charge in [0.15, 0.2) is 0 Å². The first-order chi connectivity index (χ1) is 7.29. The molecule has 1 aliphatic rings. The van der Waals surface area contributed by atoms with Gasteiger partial charge in [-0.25, -0.2) is 0 Å². The second-order valence-corrected chi connectivity index (χ2v) is 3.10. The third kappa shape index (κ3) is 1.97. The van der Waals surface area contributed by atoms with Crippen molar-refractivity contribution in [2.45, 2.75) is 0 Å². The van der Waals surface area contributed by atoms with Gasteiger partial charge in [-0.05, 0) is 23.3 Å². The van der Waals surface area contributed by atoms with E-state index in [1.165, 1.54) is 6.08 Å². The molecule has 1 aromatic carbocycles. The predicted octanol–water partition coefficient (Wildman–Crippen LogP) is 1.93. The second-order valence-electron chi connectivity index (χ2n) is 3.10. The largest absolute Gasteiger partial charge is 0.288 e. The Balaban J connectivity index is 2.38. The van der Waals surface area contributed by atoms with Crippen LogP contribution in [0.25, 0.3) is 5.57 Å². The minimum atomic E-state index is -0.349. The molecule has 0 aliphatic carbocycles. The van der Waals surface area contributed by atoms with Crippen molar-refractivity contribution in [1.82, 2.24) is 0 Å². The van der Waals surface area contributed by atoms with Crippen LogP contribution < -0.4 is 0 Å². The van der Waals surface area contributed by atoms with Crippen molar-refractivity contribution in [1.29, 1.82) is 5.26 Å².